The number of nitrogens with one attached hydrogen (secondary N) is 2. The van der Waals surface area contributed by atoms with Gasteiger partial charge < -0.3 is 10.1 Å². The van der Waals surface area contributed by atoms with E-state index in [0.29, 0.717) is 11.4 Å². The van der Waals surface area contributed by atoms with E-state index in [0.717, 1.165) is 10.5 Å². The highest BCUT2D eigenvalue weighted by molar-refractivity contribution is 8.00. The number of sulfonamides is 1. The Balaban J connectivity index is 1.58. The maximum Gasteiger partial charge on any atom is 0.339 e. The molecule has 3 aromatic carbocycles. The number of anilines is 2. The number of aryl methyl sites for hydroxylation is 1. The van der Waals surface area contributed by atoms with E-state index < -0.39 is 16.0 Å². The topological polar surface area (TPSA) is 102 Å². The molecule has 0 spiro atoms. The summed E-state index contributed by atoms with van der Waals surface area (Å²) in [6.45, 7) is 1.89. The average Bonchev–Trinajstić information content (AvgIpc) is 2.78. The van der Waals surface area contributed by atoms with Gasteiger partial charge >= 0.3 is 5.97 Å². The maximum atomic E-state index is 12.5. The molecule has 0 heterocycles. The van der Waals surface area contributed by atoms with Gasteiger partial charge in [0.05, 0.1) is 29.0 Å². The molecule has 0 aliphatic heterocycles. The zero-order valence-electron chi connectivity index (χ0n) is 17.5. The summed E-state index contributed by atoms with van der Waals surface area (Å²) in [5, 5.41) is 2.71. The molecule has 1 amide bonds. The van der Waals surface area contributed by atoms with Crippen LogP contribution in [0.25, 0.3) is 0 Å². The number of thioether (sulfide) groups is 1. The fourth-order valence-corrected chi connectivity index (χ4v) is 4.52. The van der Waals surface area contributed by atoms with Crippen molar-refractivity contribution in [3.8, 4) is 0 Å². The number of esters is 1. The van der Waals surface area contributed by atoms with Gasteiger partial charge in [-0.1, -0.05) is 29.8 Å². The Bertz CT molecular complexity index is 1210. The quantitative estimate of drug-likeness (QED) is 0.376. The third-order valence-corrected chi connectivity index (χ3v) is 6.82. The first kappa shape index (κ1) is 23.4. The lowest BCUT2D eigenvalue weighted by Gasteiger charge is -2.10. The summed E-state index contributed by atoms with van der Waals surface area (Å²) in [5.41, 5.74) is 2.05. The second-order valence-electron chi connectivity index (χ2n) is 6.82. The Hall–Kier alpha value is -3.30. The SMILES string of the molecule is COC(=O)c1ccccc1NC(=O)CSc1ccc(NS(=O)(=O)c2ccc(C)cc2)cc1. The fourth-order valence-electron chi connectivity index (χ4n) is 2.77. The molecule has 9 heteroatoms. The molecule has 0 bridgehead atoms. The van der Waals surface area contributed by atoms with Gasteiger partial charge in [0, 0.05) is 10.6 Å². The average molecular weight is 471 g/mol. The van der Waals surface area contributed by atoms with Crippen LogP contribution in [0.3, 0.4) is 0 Å². The highest BCUT2D eigenvalue weighted by atomic mass is 32.2. The molecular weight excluding hydrogens is 448 g/mol. The number of rotatable bonds is 8. The van der Waals surface area contributed by atoms with Crippen molar-refractivity contribution in [2.45, 2.75) is 16.7 Å². The molecule has 0 aliphatic carbocycles. The minimum absolute atomic E-state index is 0.115. The van der Waals surface area contributed by atoms with Crippen LogP contribution in [0.2, 0.25) is 0 Å². The van der Waals surface area contributed by atoms with Crippen LogP contribution in [0.5, 0.6) is 0 Å². The summed E-state index contributed by atoms with van der Waals surface area (Å²) in [5.74, 6) is -0.697. The van der Waals surface area contributed by atoms with E-state index in [1.807, 2.05) is 6.92 Å². The van der Waals surface area contributed by atoms with Crippen molar-refractivity contribution in [2.75, 3.05) is 22.9 Å². The van der Waals surface area contributed by atoms with Gasteiger partial charge in [0.25, 0.3) is 10.0 Å². The molecule has 0 aliphatic rings. The minimum Gasteiger partial charge on any atom is -0.465 e. The normalized spacial score (nSPS) is 10.9. The van der Waals surface area contributed by atoms with Gasteiger partial charge in [0.15, 0.2) is 0 Å². The number of methoxy groups -OCH3 is 1. The van der Waals surface area contributed by atoms with Crippen molar-refractivity contribution in [1.82, 2.24) is 0 Å². The van der Waals surface area contributed by atoms with E-state index >= 15 is 0 Å². The van der Waals surface area contributed by atoms with Crippen molar-refractivity contribution in [3.05, 3.63) is 83.9 Å². The van der Waals surface area contributed by atoms with E-state index in [1.54, 1.807) is 72.8 Å². The number of ether oxygens (including phenoxy) is 1. The molecule has 0 saturated carbocycles. The van der Waals surface area contributed by atoms with Crippen LogP contribution in [-0.4, -0.2) is 33.2 Å². The minimum atomic E-state index is -3.68. The number of carbonyl (C=O) groups is 2. The first-order valence-electron chi connectivity index (χ1n) is 9.58. The van der Waals surface area contributed by atoms with Gasteiger partial charge in [0.1, 0.15) is 0 Å². The molecule has 3 rings (SSSR count). The summed E-state index contributed by atoms with van der Waals surface area (Å²) < 4.78 is 32.2. The van der Waals surface area contributed by atoms with Gasteiger partial charge in [-0.2, -0.15) is 0 Å². The summed E-state index contributed by atoms with van der Waals surface area (Å²) in [6, 6.07) is 19.9. The highest BCUT2D eigenvalue weighted by Crippen LogP contribution is 2.23. The van der Waals surface area contributed by atoms with Crippen molar-refractivity contribution in [2.24, 2.45) is 0 Å². The highest BCUT2D eigenvalue weighted by Gasteiger charge is 2.15. The Labute approximate surface area is 191 Å². The number of amides is 1. The number of carbonyl (C=O) groups excluding carboxylic acids is 2. The Morgan fingerprint density at radius 2 is 1.59 bits per heavy atom. The van der Waals surface area contributed by atoms with E-state index in [-0.39, 0.29) is 22.1 Å². The van der Waals surface area contributed by atoms with Crippen LogP contribution in [0.1, 0.15) is 15.9 Å². The number of hydrogen-bond donors (Lipinski definition) is 2. The van der Waals surface area contributed by atoms with E-state index in [2.05, 4.69) is 10.0 Å². The van der Waals surface area contributed by atoms with Crippen molar-refractivity contribution >= 4 is 45.0 Å². The molecule has 0 saturated heterocycles. The molecule has 0 radical (unpaired) electrons. The lowest BCUT2D eigenvalue weighted by atomic mass is 10.2. The molecule has 0 aromatic heterocycles. The van der Waals surface area contributed by atoms with Crippen LogP contribution in [0.4, 0.5) is 11.4 Å². The number of hydrogen-bond acceptors (Lipinski definition) is 6. The lowest BCUT2D eigenvalue weighted by Crippen LogP contribution is -2.17. The molecular formula is C23H22N2O5S2. The molecule has 3 aromatic rings. The van der Waals surface area contributed by atoms with Gasteiger partial charge in [-0.3, -0.25) is 9.52 Å². The van der Waals surface area contributed by atoms with Gasteiger partial charge in [-0.15, -0.1) is 11.8 Å². The van der Waals surface area contributed by atoms with Crippen molar-refractivity contribution < 1.29 is 22.7 Å². The van der Waals surface area contributed by atoms with Crippen LogP contribution in [0, 0.1) is 6.92 Å². The summed E-state index contributed by atoms with van der Waals surface area (Å²) in [4.78, 5) is 25.1. The zero-order valence-corrected chi connectivity index (χ0v) is 19.1. The van der Waals surface area contributed by atoms with E-state index in [4.69, 9.17) is 4.74 Å². The molecule has 2 N–H and O–H groups in total. The predicted octanol–water partition coefficient (Wildman–Crippen LogP) is 4.31. The molecule has 32 heavy (non-hydrogen) atoms. The third-order valence-electron chi connectivity index (χ3n) is 4.41. The molecule has 7 nitrogen and oxygen atoms in total. The Morgan fingerprint density at radius 1 is 0.938 bits per heavy atom. The first-order chi connectivity index (χ1) is 15.3. The van der Waals surface area contributed by atoms with Crippen LogP contribution >= 0.6 is 11.8 Å². The largest absolute Gasteiger partial charge is 0.465 e. The zero-order chi connectivity index (χ0) is 23.1. The number of para-hydroxylation sites is 1. The summed E-state index contributed by atoms with van der Waals surface area (Å²) >= 11 is 1.29. The van der Waals surface area contributed by atoms with Crippen molar-refractivity contribution in [3.63, 3.8) is 0 Å². The fraction of sp³-hybridized carbons (Fsp3) is 0.130. The second kappa shape index (κ2) is 10.3. The maximum absolute atomic E-state index is 12.5. The second-order valence-corrected chi connectivity index (χ2v) is 9.55. The van der Waals surface area contributed by atoms with Crippen LogP contribution < -0.4 is 10.0 Å². The van der Waals surface area contributed by atoms with Gasteiger partial charge in [0.2, 0.25) is 5.91 Å². The predicted molar refractivity (Wildman–Crippen MR) is 126 cm³/mol. The smallest absolute Gasteiger partial charge is 0.339 e. The van der Waals surface area contributed by atoms with Crippen molar-refractivity contribution in [1.29, 1.82) is 0 Å². The standard InChI is InChI=1S/C23H22N2O5S2/c1-16-7-13-19(14-8-16)32(28,29)25-17-9-11-18(12-10-17)31-15-22(26)24-21-6-4-3-5-20(21)23(27)30-2/h3-14,25H,15H2,1-2H3,(H,24,26). The first-order valence-corrected chi connectivity index (χ1v) is 12.0. The van der Waals surface area contributed by atoms with Gasteiger partial charge in [-0.25, -0.2) is 13.2 Å². The summed E-state index contributed by atoms with van der Waals surface area (Å²) in [6.07, 6.45) is 0. The Morgan fingerprint density at radius 3 is 2.25 bits per heavy atom. The van der Waals surface area contributed by atoms with Gasteiger partial charge in [-0.05, 0) is 55.5 Å². The van der Waals surface area contributed by atoms with Crippen LogP contribution in [-0.2, 0) is 19.6 Å². The van der Waals surface area contributed by atoms with E-state index in [9.17, 15) is 18.0 Å². The molecule has 0 unspecified atom stereocenters. The molecule has 0 fully saturated rings. The molecule has 166 valence electrons. The third kappa shape index (κ3) is 6.12. The van der Waals surface area contributed by atoms with Crippen LogP contribution in [0.15, 0.2) is 82.6 Å². The summed E-state index contributed by atoms with van der Waals surface area (Å²) in [7, 11) is -2.40. The number of benzene rings is 3. The Kier molecular flexibility index (Phi) is 7.55. The monoisotopic (exact) mass is 470 g/mol. The molecule has 0 atom stereocenters. The lowest BCUT2D eigenvalue weighted by molar-refractivity contribution is -0.113. The van der Waals surface area contributed by atoms with E-state index in [1.165, 1.54) is 18.9 Å².